The quantitative estimate of drug-likeness (QED) is 0.542. The van der Waals surface area contributed by atoms with Gasteiger partial charge in [0.2, 0.25) is 0 Å². The molecule has 0 aromatic rings. The largest absolute Gasteiger partial charge is 0.500 e. The minimum Gasteiger partial charge on any atom is -0.377 e. The molecule has 1 aliphatic carbocycles. The van der Waals surface area contributed by atoms with Crippen LogP contribution in [0.1, 0.15) is 32.6 Å². The van der Waals surface area contributed by atoms with E-state index in [0.29, 0.717) is 24.7 Å². The lowest BCUT2D eigenvalue weighted by atomic mass is 9.84. The van der Waals surface area contributed by atoms with Crippen LogP contribution in [0, 0.1) is 5.92 Å². The van der Waals surface area contributed by atoms with Gasteiger partial charge in [0.25, 0.3) is 0 Å². The van der Waals surface area contributed by atoms with Crippen LogP contribution < -0.4 is 5.73 Å². The highest BCUT2D eigenvalue weighted by molar-refractivity contribution is 6.60. The molecule has 112 valence electrons. The van der Waals surface area contributed by atoms with Crippen LogP contribution in [0.2, 0.25) is 6.04 Å². The molecule has 4 atom stereocenters. The maximum atomic E-state index is 6.29. The van der Waals surface area contributed by atoms with Crippen molar-refractivity contribution in [3.63, 3.8) is 0 Å². The van der Waals surface area contributed by atoms with E-state index in [1.54, 1.807) is 14.2 Å². The van der Waals surface area contributed by atoms with Crippen molar-refractivity contribution >= 4 is 8.80 Å². The fourth-order valence-electron chi connectivity index (χ4n) is 3.11. The molecule has 0 aromatic heterocycles. The number of ether oxygens (including phenoxy) is 1. The molecule has 19 heavy (non-hydrogen) atoms. The van der Waals surface area contributed by atoms with Gasteiger partial charge in [-0.2, -0.15) is 0 Å². The first-order valence-corrected chi connectivity index (χ1v) is 9.24. The molecule has 1 heterocycles. The summed E-state index contributed by atoms with van der Waals surface area (Å²) in [5.41, 5.74) is 5.75. The second-order valence-corrected chi connectivity index (χ2v) is 8.59. The average molecular weight is 289 g/mol. The van der Waals surface area contributed by atoms with Crippen LogP contribution in [0.3, 0.4) is 0 Å². The molecule has 1 aliphatic heterocycles. The third-order valence-corrected chi connectivity index (χ3v) is 7.18. The van der Waals surface area contributed by atoms with Crippen molar-refractivity contribution in [2.75, 3.05) is 20.8 Å². The van der Waals surface area contributed by atoms with Crippen molar-refractivity contribution in [2.45, 2.75) is 57.0 Å². The maximum absolute atomic E-state index is 6.29. The van der Waals surface area contributed by atoms with E-state index in [1.807, 2.05) is 0 Å². The Hall–Kier alpha value is 0.0169. The molecule has 1 saturated carbocycles. The molecular weight excluding hydrogens is 262 g/mol. The van der Waals surface area contributed by atoms with Crippen LogP contribution in [0.15, 0.2) is 0 Å². The van der Waals surface area contributed by atoms with Crippen molar-refractivity contribution in [3.8, 4) is 0 Å². The van der Waals surface area contributed by atoms with Crippen LogP contribution >= 0.6 is 0 Å². The normalized spacial score (nSPS) is 31.9. The minimum atomic E-state index is -2.51. The van der Waals surface area contributed by atoms with Gasteiger partial charge in [-0.25, -0.2) is 0 Å². The van der Waals surface area contributed by atoms with Gasteiger partial charge in [-0.3, -0.25) is 0 Å². The monoisotopic (exact) mass is 289 g/mol. The highest BCUT2D eigenvalue weighted by Crippen LogP contribution is 2.42. The predicted octanol–water partition coefficient (Wildman–Crippen LogP) is 1.54. The van der Waals surface area contributed by atoms with Gasteiger partial charge in [-0.1, -0.05) is 6.92 Å². The molecule has 0 radical (unpaired) electrons. The standard InChI is InChI=1S/C13H27NO4Si/c1-4-19(15-2,16-3)18-11(7-8-14)10-5-6-12-13(9-10)17-12/h10-13H,4-9,14H2,1-3H3. The van der Waals surface area contributed by atoms with E-state index < -0.39 is 8.80 Å². The van der Waals surface area contributed by atoms with E-state index in [-0.39, 0.29) is 6.10 Å². The average Bonchev–Trinajstić information content (AvgIpc) is 3.22. The summed E-state index contributed by atoms with van der Waals surface area (Å²) < 4.78 is 23.0. The first-order chi connectivity index (χ1) is 9.18. The summed E-state index contributed by atoms with van der Waals surface area (Å²) in [4.78, 5) is 0. The third kappa shape index (κ3) is 3.56. The van der Waals surface area contributed by atoms with Gasteiger partial charge < -0.3 is 23.7 Å². The fourth-order valence-corrected chi connectivity index (χ4v) is 4.98. The van der Waals surface area contributed by atoms with E-state index in [0.717, 1.165) is 31.7 Å². The molecular formula is C13H27NO4Si. The topological polar surface area (TPSA) is 66.2 Å². The van der Waals surface area contributed by atoms with Crippen LogP contribution in [0.4, 0.5) is 0 Å². The Balaban J connectivity index is 1.97. The summed E-state index contributed by atoms with van der Waals surface area (Å²) in [6.07, 6.45) is 5.40. The van der Waals surface area contributed by atoms with E-state index >= 15 is 0 Å². The van der Waals surface area contributed by atoms with Gasteiger partial charge in [-0.15, -0.1) is 0 Å². The highest BCUT2D eigenvalue weighted by Gasteiger charge is 2.48. The van der Waals surface area contributed by atoms with E-state index in [4.69, 9.17) is 23.7 Å². The lowest BCUT2D eigenvalue weighted by Crippen LogP contribution is -2.48. The van der Waals surface area contributed by atoms with Gasteiger partial charge in [0.1, 0.15) is 0 Å². The Labute approximate surface area is 117 Å². The first kappa shape index (κ1) is 15.4. The molecule has 0 spiro atoms. The molecule has 2 fully saturated rings. The molecule has 1 saturated heterocycles. The van der Waals surface area contributed by atoms with E-state index in [2.05, 4.69) is 6.92 Å². The lowest BCUT2D eigenvalue weighted by molar-refractivity contribution is 0.0164. The van der Waals surface area contributed by atoms with Crippen molar-refractivity contribution in [2.24, 2.45) is 11.7 Å². The number of rotatable bonds is 8. The van der Waals surface area contributed by atoms with Crippen LogP contribution in [-0.2, 0) is 18.0 Å². The Morgan fingerprint density at radius 3 is 2.53 bits per heavy atom. The number of hydrogen-bond acceptors (Lipinski definition) is 5. The third-order valence-electron chi connectivity index (χ3n) is 4.41. The zero-order valence-electron chi connectivity index (χ0n) is 12.3. The maximum Gasteiger partial charge on any atom is 0.500 e. The van der Waals surface area contributed by atoms with E-state index in [9.17, 15) is 0 Å². The summed E-state index contributed by atoms with van der Waals surface area (Å²) in [5.74, 6) is 0.524. The van der Waals surface area contributed by atoms with E-state index in [1.165, 1.54) is 0 Å². The summed E-state index contributed by atoms with van der Waals surface area (Å²) >= 11 is 0. The molecule has 2 N–H and O–H groups in total. The summed E-state index contributed by atoms with van der Waals surface area (Å²) in [6.45, 7) is 2.69. The number of fused-ring (bicyclic) bond motifs is 1. The first-order valence-electron chi connectivity index (χ1n) is 7.31. The highest BCUT2D eigenvalue weighted by atomic mass is 28.4. The van der Waals surface area contributed by atoms with Crippen LogP contribution in [0.5, 0.6) is 0 Å². The Kier molecular flexibility index (Phi) is 5.39. The van der Waals surface area contributed by atoms with Crippen LogP contribution in [-0.4, -0.2) is 47.9 Å². The van der Waals surface area contributed by atoms with Gasteiger partial charge in [0.05, 0.1) is 18.3 Å². The Morgan fingerprint density at radius 2 is 2.00 bits per heavy atom. The van der Waals surface area contributed by atoms with Crippen molar-refractivity contribution in [1.29, 1.82) is 0 Å². The van der Waals surface area contributed by atoms with Gasteiger partial charge in [0, 0.05) is 20.3 Å². The van der Waals surface area contributed by atoms with Crippen molar-refractivity contribution in [1.82, 2.24) is 0 Å². The minimum absolute atomic E-state index is 0.140. The van der Waals surface area contributed by atoms with Crippen molar-refractivity contribution in [3.05, 3.63) is 0 Å². The molecule has 2 rings (SSSR count). The number of nitrogens with two attached hydrogens (primary N) is 1. The molecule has 0 aromatic carbocycles. The van der Waals surface area contributed by atoms with Gasteiger partial charge in [0.15, 0.2) is 0 Å². The molecule has 5 nitrogen and oxygen atoms in total. The van der Waals surface area contributed by atoms with Crippen molar-refractivity contribution < 1.29 is 18.0 Å². The number of hydrogen-bond donors (Lipinski definition) is 1. The zero-order chi connectivity index (χ0) is 13.9. The molecule has 4 unspecified atom stereocenters. The number of epoxide rings is 1. The fraction of sp³-hybridized carbons (Fsp3) is 1.00. The molecule has 0 bridgehead atoms. The molecule has 6 heteroatoms. The smallest absolute Gasteiger partial charge is 0.377 e. The second kappa shape index (κ2) is 6.65. The summed E-state index contributed by atoms with van der Waals surface area (Å²) in [5, 5.41) is 0. The molecule has 0 amide bonds. The molecule has 2 aliphatic rings. The summed E-state index contributed by atoms with van der Waals surface area (Å²) in [6, 6.07) is 0.788. The zero-order valence-corrected chi connectivity index (χ0v) is 13.3. The van der Waals surface area contributed by atoms with Gasteiger partial charge >= 0.3 is 8.80 Å². The SMILES string of the molecule is CC[Si](OC)(OC)OC(CCN)C1CCC2OC2C1. The second-order valence-electron chi connectivity index (χ2n) is 5.46. The van der Waals surface area contributed by atoms with Crippen LogP contribution in [0.25, 0.3) is 0 Å². The lowest BCUT2D eigenvalue weighted by Gasteiger charge is -2.35. The summed E-state index contributed by atoms with van der Waals surface area (Å²) in [7, 11) is 0.854. The Morgan fingerprint density at radius 1 is 1.26 bits per heavy atom. The predicted molar refractivity (Wildman–Crippen MR) is 74.8 cm³/mol. The van der Waals surface area contributed by atoms with Gasteiger partial charge in [-0.05, 0) is 38.1 Å². The Bertz CT molecular complexity index is 280.